The van der Waals surface area contributed by atoms with Gasteiger partial charge in [0.05, 0.1) is 24.4 Å². The van der Waals surface area contributed by atoms with E-state index < -0.39 is 22.3 Å². The SMILES string of the molecule is COc1cc(/C=N/NC(=O)c2ccc(OC(C)C)cc2)cc([N+](=O)[O-])c1O. The Bertz CT molecular complexity index is 862. The molecule has 0 aliphatic carbocycles. The summed E-state index contributed by atoms with van der Waals surface area (Å²) in [6.45, 7) is 3.80. The maximum Gasteiger partial charge on any atom is 0.315 e. The predicted octanol–water partition coefficient (Wildman–Crippen LogP) is 2.86. The number of carbonyl (C=O) groups excluding carboxylic acids is 1. The third-order valence-electron chi connectivity index (χ3n) is 3.36. The van der Waals surface area contributed by atoms with Crippen molar-refractivity contribution in [2.45, 2.75) is 20.0 Å². The molecule has 0 aromatic heterocycles. The second kappa shape index (κ2) is 8.65. The Balaban J connectivity index is 2.09. The van der Waals surface area contributed by atoms with Gasteiger partial charge >= 0.3 is 5.69 Å². The molecule has 2 N–H and O–H groups in total. The molecule has 0 spiro atoms. The Morgan fingerprint density at radius 3 is 2.52 bits per heavy atom. The van der Waals surface area contributed by atoms with Gasteiger partial charge in [0.25, 0.3) is 5.91 Å². The van der Waals surface area contributed by atoms with Gasteiger partial charge in [0.1, 0.15) is 5.75 Å². The number of nitrogens with zero attached hydrogens (tertiary/aromatic N) is 2. The number of phenolic OH excluding ortho intramolecular Hbond substituents is 1. The summed E-state index contributed by atoms with van der Waals surface area (Å²) >= 11 is 0. The third kappa shape index (κ3) is 5.18. The first-order chi connectivity index (χ1) is 12.8. The van der Waals surface area contributed by atoms with Crippen LogP contribution in [-0.2, 0) is 0 Å². The molecule has 0 radical (unpaired) electrons. The van der Waals surface area contributed by atoms with Crippen molar-refractivity contribution >= 4 is 17.8 Å². The first kappa shape index (κ1) is 19.7. The topological polar surface area (TPSA) is 123 Å². The Labute approximate surface area is 155 Å². The number of nitro benzene ring substituents is 1. The molecule has 0 saturated heterocycles. The lowest BCUT2D eigenvalue weighted by Crippen LogP contribution is -2.17. The van der Waals surface area contributed by atoms with Gasteiger partial charge in [0.15, 0.2) is 5.75 Å². The standard InChI is InChI=1S/C18H19N3O6/c1-11(2)27-14-6-4-13(5-7-14)18(23)20-19-10-12-8-15(21(24)25)17(22)16(9-12)26-3/h4-11,22H,1-3H3,(H,20,23)/b19-10+. The van der Waals surface area contributed by atoms with Crippen molar-refractivity contribution in [3.63, 3.8) is 0 Å². The van der Waals surface area contributed by atoms with Gasteiger partial charge in [-0.3, -0.25) is 14.9 Å². The Hall–Kier alpha value is -3.62. The van der Waals surface area contributed by atoms with Crippen LogP contribution < -0.4 is 14.9 Å². The van der Waals surface area contributed by atoms with Crippen LogP contribution in [-0.4, -0.2) is 35.4 Å². The molecule has 2 rings (SSSR count). The van der Waals surface area contributed by atoms with E-state index in [2.05, 4.69) is 10.5 Å². The number of amides is 1. The highest BCUT2D eigenvalue weighted by molar-refractivity contribution is 5.95. The lowest BCUT2D eigenvalue weighted by atomic mass is 10.2. The maximum absolute atomic E-state index is 12.1. The summed E-state index contributed by atoms with van der Waals surface area (Å²) in [6, 6.07) is 9.01. The number of methoxy groups -OCH3 is 1. The normalized spacial score (nSPS) is 10.8. The largest absolute Gasteiger partial charge is 0.500 e. The average Bonchev–Trinajstić information content (AvgIpc) is 2.62. The van der Waals surface area contributed by atoms with Gasteiger partial charge in [0, 0.05) is 17.2 Å². The summed E-state index contributed by atoms with van der Waals surface area (Å²) in [5.41, 5.74) is 2.45. The van der Waals surface area contributed by atoms with E-state index in [1.54, 1.807) is 24.3 Å². The Morgan fingerprint density at radius 2 is 1.96 bits per heavy atom. The van der Waals surface area contributed by atoms with Crippen LogP contribution in [0.5, 0.6) is 17.2 Å². The van der Waals surface area contributed by atoms with Crippen molar-refractivity contribution in [2.75, 3.05) is 7.11 Å². The highest BCUT2D eigenvalue weighted by Crippen LogP contribution is 2.36. The molecule has 142 valence electrons. The smallest absolute Gasteiger partial charge is 0.315 e. The number of carbonyl (C=O) groups is 1. The van der Waals surface area contributed by atoms with Crippen molar-refractivity contribution in [1.29, 1.82) is 0 Å². The zero-order chi connectivity index (χ0) is 20.0. The molecule has 0 heterocycles. The van der Waals surface area contributed by atoms with E-state index in [-0.39, 0.29) is 17.4 Å². The molecule has 1 amide bonds. The van der Waals surface area contributed by atoms with E-state index in [0.717, 1.165) is 6.07 Å². The molecule has 0 aliphatic rings. The molecule has 0 bridgehead atoms. The van der Waals surface area contributed by atoms with Gasteiger partial charge in [-0.2, -0.15) is 5.10 Å². The van der Waals surface area contributed by atoms with Gasteiger partial charge in [0.2, 0.25) is 5.75 Å². The van der Waals surface area contributed by atoms with Gasteiger partial charge in [-0.05, 0) is 44.2 Å². The fourth-order valence-corrected chi connectivity index (χ4v) is 2.17. The number of phenols is 1. The second-order valence-electron chi connectivity index (χ2n) is 5.74. The zero-order valence-electron chi connectivity index (χ0n) is 15.0. The third-order valence-corrected chi connectivity index (χ3v) is 3.36. The lowest BCUT2D eigenvalue weighted by Gasteiger charge is -2.09. The minimum atomic E-state index is -0.742. The zero-order valence-corrected chi connectivity index (χ0v) is 15.0. The van der Waals surface area contributed by atoms with E-state index in [0.29, 0.717) is 11.3 Å². The quantitative estimate of drug-likeness (QED) is 0.437. The van der Waals surface area contributed by atoms with Crippen LogP contribution in [0.25, 0.3) is 0 Å². The number of benzene rings is 2. The Morgan fingerprint density at radius 1 is 1.30 bits per heavy atom. The van der Waals surface area contributed by atoms with Crippen LogP contribution in [0.3, 0.4) is 0 Å². The van der Waals surface area contributed by atoms with Crippen LogP contribution in [0.1, 0.15) is 29.8 Å². The van der Waals surface area contributed by atoms with Gasteiger partial charge in [-0.15, -0.1) is 0 Å². The molecule has 0 atom stereocenters. The molecule has 2 aromatic carbocycles. The number of nitrogens with one attached hydrogen (secondary N) is 1. The number of aromatic hydroxyl groups is 1. The number of hydrogen-bond donors (Lipinski definition) is 2. The summed E-state index contributed by atoms with van der Waals surface area (Å²) in [5, 5.41) is 24.5. The van der Waals surface area contributed by atoms with E-state index >= 15 is 0 Å². The average molecular weight is 373 g/mol. The molecule has 0 fully saturated rings. The molecular formula is C18H19N3O6. The number of ether oxygens (including phenoxy) is 2. The van der Waals surface area contributed by atoms with Crippen molar-refractivity contribution in [3.05, 3.63) is 57.6 Å². The van der Waals surface area contributed by atoms with Crippen LogP contribution in [0.2, 0.25) is 0 Å². The lowest BCUT2D eigenvalue weighted by molar-refractivity contribution is -0.386. The number of hydrazone groups is 1. The van der Waals surface area contributed by atoms with Crippen LogP contribution in [0, 0.1) is 10.1 Å². The molecule has 2 aromatic rings. The molecule has 0 unspecified atom stereocenters. The van der Waals surface area contributed by atoms with E-state index in [1.165, 1.54) is 19.4 Å². The molecular weight excluding hydrogens is 354 g/mol. The second-order valence-corrected chi connectivity index (χ2v) is 5.74. The Kier molecular flexibility index (Phi) is 6.32. The number of nitro groups is 1. The highest BCUT2D eigenvalue weighted by atomic mass is 16.6. The first-order valence-electron chi connectivity index (χ1n) is 7.97. The van der Waals surface area contributed by atoms with Crippen molar-refractivity contribution in [3.8, 4) is 17.2 Å². The molecule has 9 nitrogen and oxygen atoms in total. The van der Waals surface area contributed by atoms with E-state index in [9.17, 15) is 20.0 Å². The van der Waals surface area contributed by atoms with Crippen molar-refractivity contribution in [1.82, 2.24) is 5.43 Å². The van der Waals surface area contributed by atoms with E-state index in [1.807, 2.05) is 13.8 Å². The minimum absolute atomic E-state index is 0.0284. The van der Waals surface area contributed by atoms with Gasteiger partial charge < -0.3 is 14.6 Å². The van der Waals surface area contributed by atoms with Crippen LogP contribution >= 0.6 is 0 Å². The predicted molar refractivity (Wildman–Crippen MR) is 98.6 cm³/mol. The number of hydrogen-bond acceptors (Lipinski definition) is 7. The van der Waals surface area contributed by atoms with Crippen LogP contribution in [0.15, 0.2) is 41.5 Å². The van der Waals surface area contributed by atoms with Gasteiger partial charge in [-0.25, -0.2) is 5.43 Å². The summed E-state index contributed by atoms with van der Waals surface area (Å²) in [5.74, 6) is -0.457. The highest BCUT2D eigenvalue weighted by Gasteiger charge is 2.19. The monoisotopic (exact) mass is 373 g/mol. The summed E-state index contributed by atoms with van der Waals surface area (Å²) in [4.78, 5) is 22.3. The fourth-order valence-electron chi connectivity index (χ4n) is 2.17. The van der Waals surface area contributed by atoms with E-state index in [4.69, 9.17) is 9.47 Å². The summed E-state index contributed by atoms with van der Waals surface area (Å²) in [7, 11) is 1.27. The molecule has 9 heteroatoms. The van der Waals surface area contributed by atoms with Crippen molar-refractivity contribution < 1.29 is 24.3 Å². The minimum Gasteiger partial charge on any atom is -0.500 e. The van der Waals surface area contributed by atoms with Crippen LogP contribution in [0.4, 0.5) is 5.69 Å². The summed E-state index contributed by atoms with van der Waals surface area (Å²) < 4.78 is 10.4. The first-order valence-corrected chi connectivity index (χ1v) is 7.97. The number of rotatable bonds is 7. The maximum atomic E-state index is 12.1. The molecule has 27 heavy (non-hydrogen) atoms. The summed E-state index contributed by atoms with van der Waals surface area (Å²) in [6.07, 6.45) is 1.24. The molecule has 0 aliphatic heterocycles. The fraction of sp³-hybridized carbons (Fsp3) is 0.222. The van der Waals surface area contributed by atoms with Gasteiger partial charge in [-0.1, -0.05) is 0 Å². The molecule has 0 saturated carbocycles. The van der Waals surface area contributed by atoms with Crippen molar-refractivity contribution in [2.24, 2.45) is 5.10 Å².